The molecule has 4 aliphatic rings. The summed E-state index contributed by atoms with van der Waals surface area (Å²) in [5.74, 6) is -5.06. The smallest absolute Gasteiger partial charge is 0.331 e. The molecule has 2 fully saturated rings. The van der Waals surface area contributed by atoms with Crippen LogP contribution in [0.4, 0.5) is 0 Å². The van der Waals surface area contributed by atoms with E-state index in [1.54, 1.807) is 27.7 Å². The Morgan fingerprint density at radius 1 is 1.02 bits per heavy atom. The van der Waals surface area contributed by atoms with Gasteiger partial charge in [0.25, 0.3) is 0 Å². The van der Waals surface area contributed by atoms with Crippen LogP contribution in [0.5, 0.6) is 0 Å². The number of aliphatic hydroxyl groups is 2. The number of carboxylic acid groups (broad SMARTS) is 1. The van der Waals surface area contributed by atoms with Crippen LogP contribution in [0.2, 0.25) is 0 Å². The lowest BCUT2D eigenvalue weighted by Gasteiger charge is -2.60. The number of carboxylic acids is 1. The van der Waals surface area contributed by atoms with Crippen LogP contribution in [0.15, 0.2) is 22.8 Å². The van der Waals surface area contributed by atoms with Crippen molar-refractivity contribution in [3.05, 3.63) is 22.8 Å². The van der Waals surface area contributed by atoms with Crippen molar-refractivity contribution < 1.29 is 48.8 Å². The molecule has 0 spiro atoms. The van der Waals surface area contributed by atoms with Crippen molar-refractivity contribution in [3.8, 4) is 0 Å². The highest BCUT2D eigenvalue weighted by Gasteiger charge is 2.75. The van der Waals surface area contributed by atoms with E-state index in [9.17, 15) is 44.1 Å². The Hall–Kier alpha value is -2.98. The highest BCUT2D eigenvalue weighted by Crippen LogP contribution is 2.70. The Kier molecular flexibility index (Phi) is 7.86. The average Bonchev–Trinajstić information content (AvgIpc) is 3.11. The molecule has 4 aliphatic carbocycles. The first-order valence-corrected chi connectivity index (χ1v) is 14.6. The number of carbonyl (C=O) groups excluding carboxylic acids is 5. The van der Waals surface area contributed by atoms with Crippen molar-refractivity contribution in [1.82, 2.24) is 0 Å². The summed E-state index contributed by atoms with van der Waals surface area (Å²) < 4.78 is 5.77. The van der Waals surface area contributed by atoms with Crippen LogP contribution < -0.4 is 0 Å². The van der Waals surface area contributed by atoms with E-state index < -0.39 is 81.7 Å². The van der Waals surface area contributed by atoms with Gasteiger partial charge in [-0.1, -0.05) is 27.7 Å². The Morgan fingerprint density at radius 3 is 2.19 bits per heavy atom. The summed E-state index contributed by atoms with van der Waals surface area (Å²) in [7, 11) is 0. The van der Waals surface area contributed by atoms with Crippen LogP contribution in [-0.2, 0) is 33.5 Å². The van der Waals surface area contributed by atoms with Crippen LogP contribution in [0, 0.1) is 39.4 Å². The Labute approximate surface area is 245 Å². The van der Waals surface area contributed by atoms with E-state index in [0.29, 0.717) is 0 Å². The molecule has 4 rings (SSSR count). The summed E-state index contributed by atoms with van der Waals surface area (Å²) in [5.41, 5.74) is -4.92. The van der Waals surface area contributed by atoms with Gasteiger partial charge in [0.2, 0.25) is 5.78 Å². The number of fused-ring (bicyclic) bond motifs is 4. The second kappa shape index (κ2) is 10.3. The zero-order valence-corrected chi connectivity index (χ0v) is 25.4. The lowest BCUT2D eigenvalue weighted by molar-refractivity contribution is -0.176. The second-order valence-electron chi connectivity index (χ2n) is 13.8. The van der Waals surface area contributed by atoms with Crippen LogP contribution >= 0.6 is 0 Å². The summed E-state index contributed by atoms with van der Waals surface area (Å²) in [4.78, 5) is 79.6. The first-order valence-electron chi connectivity index (χ1n) is 14.6. The van der Waals surface area contributed by atoms with Crippen molar-refractivity contribution in [3.63, 3.8) is 0 Å². The largest absolute Gasteiger partial charge is 0.478 e. The van der Waals surface area contributed by atoms with Gasteiger partial charge < -0.3 is 20.1 Å². The van der Waals surface area contributed by atoms with Crippen molar-refractivity contribution in [1.29, 1.82) is 0 Å². The third-order valence-electron chi connectivity index (χ3n) is 11.6. The lowest BCUT2D eigenvalue weighted by atomic mass is 9.42. The van der Waals surface area contributed by atoms with E-state index in [-0.39, 0.29) is 60.4 Å². The van der Waals surface area contributed by atoms with Crippen molar-refractivity contribution >= 4 is 35.1 Å². The van der Waals surface area contributed by atoms with Crippen molar-refractivity contribution in [2.45, 2.75) is 92.8 Å². The van der Waals surface area contributed by atoms with Gasteiger partial charge in [-0.25, -0.2) is 4.79 Å². The number of carbonyl (C=O) groups is 6. The molecule has 0 heterocycles. The number of aliphatic hydroxyl groups excluding tert-OH is 2. The van der Waals surface area contributed by atoms with Gasteiger partial charge >= 0.3 is 11.9 Å². The minimum absolute atomic E-state index is 0.0369. The van der Waals surface area contributed by atoms with Crippen LogP contribution in [-0.4, -0.2) is 69.2 Å². The van der Waals surface area contributed by atoms with Gasteiger partial charge in [-0.2, -0.15) is 0 Å². The molecule has 0 saturated heterocycles. The number of aliphatic carboxylic acids is 1. The Bertz CT molecular complexity index is 1340. The fourth-order valence-corrected chi connectivity index (χ4v) is 8.99. The molecule has 0 aliphatic heterocycles. The first-order chi connectivity index (χ1) is 19.3. The summed E-state index contributed by atoms with van der Waals surface area (Å²) in [6.07, 6.45) is -1.07. The second-order valence-corrected chi connectivity index (χ2v) is 13.8. The van der Waals surface area contributed by atoms with Gasteiger partial charge in [-0.15, -0.1) is 0 Å². The number of ether oxygens (including phenoxy) is 1. The van der Waals surface area contributed by atoms with E-state index in [0.717, 1.165) is 0 Å². The number of esters is 1. The molecule has 10 heteroatoms. The maximum atomic E-state index is 14.6. The summed E-state index contributed by atoms with van der Waals surface area (Å²) in [6.45, 7) is 10.6. The zero-order chi connectivity index (χ0) is 31.7. The normalized spacial score (nSPS) is 39.8. The van der Waals surface area contributed by atoms with Crippen LogP contribution in [0.1, 0.15) is 80.6 Å². The number of hydrogen-bond acceptors (Lipinski definition) is 9. The maximum absolute atomic E-state index is 14.6. The Balaban J connectivity index is 1.92. The molecule has 9 unspecified atom stereocenters. The fourth-order valence-electron chi connectivity index (χ4n) is 8.99. The maximum Gasteiger partial charge on any atom is 0.331 e. The molecular formula is C32H42O10. The highest BCUT2D eigenvalue weighted by molar-refractivity contribution is 6.18. The third kappa shape index (κ3) is 4.19. The predicted octanol–water partition coefficient (Wildman–Crippen LogP) is 2.77. The Morgan fingerprint density at radius 2 is 1.64 bits per heavy atom. The van der Waals surface area contributed by atoms with E-state index in [4.69, 9.17) is 4.74 Å². The molecule has 0 bridgehead atoms. The van der Waals surface area contributed by atoms with Crippen molar-refractivity contribution in [2.75, 3.05) is 6.61 Å². The van der Waals surface area contributed by atoms with Crippen LogP contribution in [0.3, 0.4) is 0 Å². The molecule has 9 atom stereocenters. The molecular weight excluding hydrogens is 544 g/mol. The molecule has 42 heavy (non-hydrogen) atoms. The number of hydrogen-bond donors (Lipinski definition) is 3. The molecule has 0 radical (unpaired) electrons. The number of allylic oxidation sites excluding steroid dienone is 1. The van der Waals surface area contributed by atoms with E-state index in [2.05, 4.69) is 0 Å². The van der Waals surface area contributed by atoms with E-state index in [1.807, 2.05) is 6.92 Å². The molecule has 0 aromatic carbocycles. The summed E-state index contributed by atoms with van der Waals surface area (Å²) >= 11 is 0. The molecule has 0 aromatic rings. The standard InChI is InChI=1S/C32H42O10/c1-15(10-18(35)11-16(2)28(40)41)19-12-23(38)32(7)24-20(36)13-21-29(4,9-8-22(37)30(21,5)14-33)25(24)26(39)27(31(19,32)6)42-17(3)34/h11,15,18-19,21,27,33,35H,8-10,12-14H2,1-7H3,(H,40,41). The fraction of sp³-hybridized carbons (Fsp3) is 0.688. The number of Topliss-reactive ketones (excluding diaryl/α,β-unsaturated/α-hetero) is 4. The molecule has 0 amide bonds. The number of ketones is 4. The predicted molar refractivity (Wildman–Crippen MR) is 149 cm³/mol. The first kappa shape index (κ1) is 31.9. The van der Waals surface area contributed by atoms with Gasteiger partial charge in [0.05, 0.1) is 23.5 Å². The molecule has 3 N–H and O–H groups in total. The minimum atomic E-state index is -1.50. The van der Waals surface area contributed by atoms with Gasteiger partial charge in [-0.3, -0.25) is 24.0 Å². The summed E-state index contributed by atoms with van der Waals surface area (Å²) in [5, 5.41) is 30.2. The lowest BCUT2D eigenvalue weighted by Crippen LogP contribution is -2.65. The molecule has 10 nitrogen and oxygen atoms in total. The zero-order valence-electron chi connectivity index (χ0n) is 25.4. The van der Waals surface area contributed by atoms with Gasteiger partial charge in [0.15, 0.2) is 11.9 Å². The van der Waals surface area contributed by atoms with Gasteiger partial charge in [-0.05, 0) is 50.5 Å². The highest BCUT2D eigenvalue weighted by atomic mass is 16.5. The third-order valence-corrected chi connectivity index (χ3v) is 11.6. The van der Waals surface area contributed by atoms with Crippen molar-refractivity contribution in [2.24, 2.45) is 39.4 Å². The minimum Gasteiger partial charge on any atom is -0.478 e. The van der Waals surface area contributed by atoms with Crippen LogP contribution in [0.25, 0.3) is 0 Å². The van der Waals surface area contributed by atoms with E-state index in [1.165, 1.54) is 19.9 Å². The molecule has 0 aromatic heterocycles. The number of rotatable bonds is 7. The molecule has 2 saturated carbocycles. The topological polar surface area (TPSA) is 172 Å². The average molecular weight is 587 g/mol. The quantitative estimate of drug-likeness (QED) is 0.297. The van der Waals surface area contributed by atoms with E-state index >= 15 is 0 Å². The monoisotopic (exact) mass is 586 g/mol. The van der Waals surface area contributed by atoms with Gasteiger partial charge in [0, 0.05) is 53.7 Å². The SMILES string of the molecule is CC(=O)OC1C(=O)C2=C(C(=O)CC3C(C)(CO)C(=O)CCC23C)C2(C)C(=O)CC(C(C)CC(O)C=C(C)C(=O)O)C12C. The summed E-state index contributed by atoms with van der Waals surface area (Å²) in [6, 6.07) is 0. The molecule has 230 valence electrons. The van der Waals surface area contributed by atoms with Gasteiger partial charge in [0.1, 0.15) is 11.6 Å².